The molecule has 2 N–H and O–H groups in total. The molecular formula is C11H20O2. The highest BCUT2D eigenvalue weighted by molar-refractivity contribution is 4.99. The van der Waals surface area contributed by atoms with Gasteiger partial charge in [-0.05, 0) is 26.7 Å². The van der Waals surface area contributed by atoms with Crippen LogP contribution in [0.25, 0.3) is 0 Å². The predicted molar refractivity (Wildman–Crippen MR) is 55.5 cm³/mol. The third-order valence-electron chi connectivity index (χ3n) is 2.19. The topological polar surface area (TPSA) is 40.5 Å². The van der Waals surface area contributed by atoms with Crippen molar-refractivity contribution in [2.75, 3.05) is 13.2 Å². The summed E-state index contributed by atoms with van der Waals surface area (Å²) in [6.45, 7) is 7.64. The highest BCUT2D eigenvalue weighted by atomic mass is 16.3. The first-order valence-corrected chi connectivity index (χ1v) is 4.56. The summed E-state index contributed by atoms with van der Waals surface area (Å²) in [6, 6.07) is 0. The lowest BCUT2D eigenvalue weighted by Gasteiger charge is -2.27. The van der Waals surface area contributed by atoms with Gasteiger partial charge in [0.05, 0.1) is 13.2 Å². The van der Waals surface area contributed by atoms with Crippen LogP contribution in [0.3, 0.4) is 0 Å². The standard InChI is InChI=1S/C11H20O2/c1-4-6-11(8-12,9-13)7-5-10(2)3/h4-5,12-13H,1,6-9H2,2-3H3. The van der Waals surface area contributed by atoms with E-state index in [1.165, 1.54) is 5.57 Å². The van der Waals surface area contributed by atoms with Gasteiger partial charge < -0.3 is 10.2 Å². The lowest BCUT2D eigenvalue weighted by molar-refractivity contribution is 0.0592. The Morgan fingerprint density at radius 2 is 1.77 bits per heavy atom. The Morgan fingerprint density at radius 3 is 2.08 bits per heavy atom. The first kappa shape index (κ1) is 12.4. The fourth-order valence-electron chi connectivity index (χ4n) is 1.12. The van der Waals surface area contributed by atoms with Crippen LogP contribution in [0.1, 0.15) is 26.7 Å². The van der Waals surface area contributed by atoms with Crippen molar-refractivity contribution in [3.63, 3.8) is 0 Å². The Labute approximate surface area is 80.6 Å². The molecule has 0 saturated heterocycles. The molecule has 13 heavy (non-hydrogen) atoms. The van der Waals surface area contributed by atoms with Crippen molar-refractivity contribution >= 4 is 0 Å². The van der Waals surface area contributed by atoms with E-state index in [9.17, 15) is 10.2 Å². The van der Waals surface area contributed by atoms with Crippen molar-refractivity contribution in [2.24, 2.45) is 5.41 Å². The Balaban J connectivity index is 4.37. The predicted octanol–water partition coefficient (Wildman–Crippen LogP) is 1.89. The quantitative estimate of drug-likeness (QED) is 0.619. The lowest BCUT2D eigenvalue weighted by atomic mass is 9.82. The second-order valence-corrected chi connectivity index (χ2v) is 3.79. The average Bonchev–Trinajstić information content (AvgIpc) is 2.12. The smallest absolute Gasteiger partial charge is 0.0515 e. The van der Waals surface area contributed by atoms with Crippen molar-refractivity contribution in [3.05, 3.63) is 24.3 Å². The van der Waals surface area contributed by atoms with Gasteiger partial charge in [0.15, 0.2) is 0 Å². The van der Waals surface area contributed by atoms with E-state index in [2.05, 4.69) is 6.58 Å². The lowest BCUT2D eigenvalue weighted by Crippen LogP contribution is -2.28. The molecule has 0 aromatic heterocycles. The van der Waals surface area contributed by atoms with Gasteiger partial charge in [0.2, 0.25) is 0 Å². The molecule has 2 nitrogen and oxygen atoms in total. The van der Waals surface area contributed by atoms with E-state index < -0.39 is 5.41 Å². The maximum Gasteiger partial charge on any atom is 0.0515 e. The summed E-state index contributed by atoms with van der Waals surface area (Å²) in [4.78, 5) is 0. The van der Waals surface area contributed by atoms with E-state index >= 15 is 0 Å². The number of hydrogen-bond donors (Lipinski definition) is 2. The van der Waals surface area contributed by atoms with Crippen LogP contribution in [0.4, 0.5) is 0 Å². The summed E-state index contributed by atoms with van der Waals surface area (Å²) >= 11 is 0. The first-order valence-electron chi connectivity index (χ1n) is 4.56. The molecule has 0 rings (SSSR count). The molecule has 0 heterocycles. The maximum absolute atomic E-state index is 9.18. The molecule has 0 saturated carbocycles. The Bertz CT molecular complexity index is 175. The fourth-order valence-corrected chi connectivity index (χ4v) is 1.12. The molecule has 0 unspecified atom stereocenters. The van der Waals surface area contributed by atoms with Crippen LogP contribution < -0.4 is 0 Å². The average molecular weight is 184 g/mol. The first-order chi connectivity index (χ1) is 6.10. The molecule has 0 aromatic rings. The minimum Gasteiger partial charge on any atom is -0.396 e. The van der Waals surface area contributed by atoms with Crippen LogP contribution in [-0.2, 0) is 0 Å². The maximum atomic E-state index is 9.18. The second-order valence-electron chi connectivity index (χ2n) is 3.79. The van der Waals surface area contributed by atoms with Crippen LogP contribution in [0.2, 0.25) is 0 Å². The van der Waals surface area contributed by atoms with Gasteiger partial charge in [0.1, 0.15) is 0 Å². The zero-order valence-electron chi connectivity index (χ0n) is 8.58. The molecule has 0 fully saturated rings. The summed E-state index contributed by atoms with van der Waals surface area (Å²) in [6.07, 6.45) is 5.12. The summed E-state index contributed by atoms with van der Waals surface area (Å²) in [5.74, 6) is 0. The highest BCUT2D eigenvalue weighted by Crippen LogP contribution is 2.26. The third-order valence-corrected chi connectivity index (χ3v) is 2.19. The molecule has 0 aromatic carbocycles. The fraction of sp³-hybridized carbons (Fsp3) is 0.636. The Hall–Kier alpha value is -0.600. The van der Waals surface area contributed by atoms with Crippen LogP contribution in [0.5, 0.6) is 0 Å². The van der Waals surface area contributed by atoms with Crippen LogP contribution >= 0.6 is 0 Å². The van der Waals surface area contributed by atoms with E-state index in [0.717, 1.165) is 0 Å². The molecule has 0 aliphatic carbocycles. The van der Waals surface area contributed by atoms with Crippen molar-refractivity contribution in [1.29, 1.82) is 0 Å². The van der Waals surface area contributed by atoms with Gasteiger partial charge >= 0.3 is 0 Å². The molecule has 76 valence electrons. The van der Waals surface area contributed by atoms with Gasteiger partial charge in [0, 0.05) is 5.41 Å². The molecule has 0 bridgehead atoms. The third kappa shape index (κ3) is 4.25. The molecule has 0 aliphatic heterocycles. The number of aliphatic hydroxyl groups excluding tert-OH is 2. The van der Waals surface area contributed by atoms with E-state index in [1.807, 2.05) is 19.9 Å². The van der Waals surface area contributed by atoms with Crippen LogP contribution in [-0.4, -0.2) is 23.4 Å². The normalized spacial score (nSPS) is 11.1. The van der Waals surface area contributed by atoms with Crippen LogP contribution in [0, 0.1) is 5.41 Å². The monoisotopic (exact) mass is 184 g/mol. The van der Waals surface area contributed by atoms with Crippen molar-refractivity contribution in [3.8, 4) is 0 Å². The molecule has 0 amide bonds. The number of rotatable bonds is 6. The minimum atomic E-state index is -0.418. The Morgan fingerprint density at radius 1 is 1.23 bits per heavy atom. The molecule has 0 spiro atoms. The molecule has 2 heteroatoms. The summed E-state index contributed by atoms with van der Waals surface area (Å²) in [5.41, 5.74) is 0.786. The van der Waals surface area contributed by atoms with Crippen molar-refractivity contribution in [1.82, 2.24) is 0 Å². The molecule has 0 aliphatic rings. The van der Waals surface area contributed by atoms with E-state index in [1.54, 1.807) is 6.08 Å². The van der Waals surface area contributed by atoms with E-state index in [0.29, 0.717) is 12.8 Å². The second kappa shape index (κ2) is 5.95. The molecule has 0 atom stereocenters. The van der Waals surface area contributed by atoms with E-state index in [-0.39, 0.29) is 13.2 Å². The van der Waals surface area contributed by atoms with Crippen LogP contribution in [0.15, 0.2) is 24.3 Å². The summed E-state index contributed by atoms with van der Waals surface area (Å²) in [7, 11) is 0. The zero-order chi connectivity index (χ0) is 10.3. The van der Waals surface area contributed by atoms with Gasteiger partial charge in [0.25, 0.3) is 0 Å². The minimum absolute atomic E-state index is 0.000694. The van der Waals surface area contributed by atoms with E-state index in [4.69, 9.17) is 0 Å². The highest BCUT2D eigenvalue weighted by Gasteiger charge is 2.25. The molecule has 0 radical (unpaired) electrons. The van der Waals surface area contributed by atoms with Gasteiger partial charge in [-0.1, -0.05) is 17.7 Å². The van der Waals surface area contributed by atoms with Crippen molar-refractivity contribution in [2.45, 2.75) is 26.7 Å². The summed E-state index contributed by atoms with van der Waals surface area (Å²) < 4.78 is 0. The van der Waals surface area contributed by atoms with Gasteiger partial charge in [-0.3, -0.25) is 0 Å². The number of hydrogen-bond acceptors (Lipinski definition) is 2. The molecular weight excluding hydrogens is 164 g/mol. The Kier molecular flexibility index (Phi) is 5.67. The van der Waals surface area contributed by atoms with Gasteiger partial charge in [-0.2, -0.15) is 0 Å². The SMILES string of the molecule is C=CCC(CO)(CO)CC=C(C)C. The zero-order valence-corrected chi connectivity index (χ0v) is 8.58. The summed E-state index contributed by atoms with van der Waals surface area (Å²) in [5, 5.41) is 18.4. The number of allylic oxidation sites excluding steroid dienone is 3. The van der Waals surface area contributed by atoms with Crippen molar-refractivity contribution < 1.29 is 10.2 Å². The van der Waals surface area contributed by atoms with Gasteiger partial charge in [-0.25, -0.2) is 0 Å². The van der Waals surface area contributed by atoms with Gasteiger partial charge in [-0.15, -0.1) is 6.58 Å². The number of aliphatic hydroxyl groups is 2. The largest absolute Gasteiger partial charge is 0.396 e.